The molecule has 0 radical (unpaired) electrons. The normalized spacial score (nSPS) is 17.0. The van der Waals surface area contributed by atoms with Crippen molar-refractivity contribution in [2.24, 2.45) is 5.73 Å². The summed E-state index contributed by atoms with van der Waals surface area (Å²) in [5.41, 5.74) is 5.73. The van der Waals surface area contributed by atoms with Gasteiger partial charge in [0, 0.05) is 9.75 Å². The molecule has 1 saturated carbocycles. The summed E-state index contributed by atoms with van der Waals surface area (Å²) in [4.78, 5) is 17.3. The topological polar surface area (TPSA) is 46.3 Å². The van der Waals surface area contributed by atoms with Gasteiger partial charge in [0.2, 0.25) is 5.91 Å². The predicted octanol–water partition coefficient (Wildman–Crippen LogP) is 3.61. The molecule has 3 rings (SSSR count). The molecule has 0 bridgehead atoms. The molecule has 2 heterocycles. The maximum absolute atomic E-state index is 12.9. The summed E-state index contributed by atoms with van der Waals surface area (Å²) >= 11 is 3.38. The maximum Gasteiger partial charge on any atom is 0.243 e. The Labute approximate surface area is 133 Å². The van der Waals surface area contributed by atoms with E-state index < -0.39 is 5.54 Å². The Balaban J connectivity index is 1.79. The summed E-state index contributed by atoms with van der Waals surface area (Å²) in [5.74, 6) is 0.113. The van der Waals surface area contributed by atoms with Crippen LogP contribution in [0.1, 0.15) is 35.4 Å². The van der Waals surface area contributed by atoms with Crippen molar-refractivity contribution in [3.63, 3.8) is 0 Å². The van der Waals surface area contributed by atoms with E-state index in [0.717, 1.165) is 25.7 Å². The van der Waals surface area contributed by atoms with Crippen molar-refractivity contribution in [3.8, 4) is 0 Å². The van der Waals surface area contributed by atoms with E-state index in [0.29, 0.717) is 13.1 Å². The molecule has 1 fully saturated rings. The molecule has 5 heteroatoms. The number of nitrogens with two attached hydrogens (primary N) is 1. The molecule has 2 aromatic heterocycles. The van der Waals surface area contributed by atoms with Gasteiger partial charge in [-0.2, -0.15) is 0 Å². The average molecular weight is 320 g/mol. The lowest BCUT2D eigenvalue weighted by Gasteiger charge is -2.31. The number of thiophene rings is 2. The summed E-state index contributed by atoms with van der Waals surface area (Å²) in [6, 6.07) is 8.22. The van der Waals surface area contributed by atoms with Gasteiger partial charge in [0.15, 0.2) is 0 Å². The van der Waals surface area contributed by atoms with Gasteiger partial charge >= 0.3 is 0 Å². The first-order valence-corrected chi connectivity index (χ1v) is 9.06. The fourth-order valence-electron chi connectivity index (χ4n) is 2.92. The van der Waals surface area contributed by atoms with Crippen molar-refractivity contribution in [1.29, 1.82) is 0 Å². The molecular formula is C16H20N2OS2. The monoisotopic (exact) mass is 320 g/mol. The Hall–Kier alpha value is -1.17. The second kappa shape index (κ2) is 6.30. The lowest BCUT2D eigenvalue weighted by atomic mass is 9.97. The van der Waals surface area contributed by atoms with Crippen molar-refractivity contribution >= 4 is 28.6 Å². The van der Waals surface area contributed by atoms with E-state index in [1.165, 1.54) is 9.75 Å². The van der Waals surface area contributed by atoms with Crippen LogP contribution in [0.4, 0.5) is 0 Å². The highest BCUT2D eigenvalue weighted by Gasteiger charge is 2.40. The zero-order chi connectivity index (χ0) is 14.7. The minimum atomic E-state index is -0.644. The number of carbonyl (C=O) groups excluding carboxylic acids is 1. The third-order valence-corrected chi connectivity index (χ3v) is 5.78. The highest BCUT2D eigenvalue weighted by Crippen LogP contribution is 2.30. The van der Waals surface area contributed by atoms with Crippen molar-refractivity contribution in [1.82, 2.24) is 4.90 Å². The third kappa shape index (κ3) is 3.36. The second-order valence-electron chi connectivity index (χ2n) is 5.68. The van der Waals surface area contributed by atoms with Crippen molar-refractivity contribution in [2.45, 2.75) is 44.3 Å². The highest BCUT2D eigenvalue weighted by molar-refractivity contribution is 7.10. The van der Waals surface area contributed by atoms with Crippen LogP contribution >= 0.6 is 22.7 Å². The Morgan fingerprint density at radius 1 is 1.10 bits per heavy atom. The molecule has 0 unspecified atom stereocenters. The van der Waals surface area contributed by atoms with Crippen LogP contribution in [-0.2, 0) is 17.9 Å². The maximum atomic E-state index is 12.9. The molecule has 1 aliphatic rings. The fourth-order valence-corrected chi connectivity index (χ4v) is 4.35. The zero-order valence-corrected chi connectivity index (χ0v) is 13.6. The summed E-state index contributed by atoms with van der Waals surface area (Å²) < 4.78 is 0. The Bertz CT molecular complexity index is 535. The van der Waals surface area contributed by atoms with Gasteiger partial charge in [0.1, 0.15) is 0 Å². The van der Waals surface area contributed by atoms with Crippen LogP contribution in [0.25, 0.3) is 0 Å². The summed E-state index contributed by atoms with van der Waals surface area (Å²) in [6.45, 7) is 1.32. The van der Waals surface area contributed by atoms with Crippen LogP contribution in [0, 0.1) is 0 Å². The number of nitrogens with zero attached hydrogens (tertiary/aromatic N) is 1. The van der Waals surface area contributed by atoms with Gasteiger partial charge in [0.25, 0.3) is 0 Å². The summed E-state index contributed by atoms with van der Waals surface area (Å²) in [6.07, 6.45) is 3.76. The Morgan fingerprint density at radius 2 is 1.62 bits per heavy atom. The van der Waals surface area contributed by atoms with Gasteiger partial charge in [0.05, 0.1) is 18.6 Å². The molecule has 21 heavy (non-hydrogen) atoms. The standard InChI is InChI=1S/C16H20N2OS2/c17-16(7-1-2-8-16)15(19)18(11-13-5-3-9-20-13)12-14-6-4-10-21-14/h3-6,9-10H,1-2,7-8,11-12,17H2. The van der Waals surface area contributed by atoms with Crippen molar-refractivity contribution in [2.75, 3.05) is 0 Å². The molecule has 0 aromatic carbocycles. The molecule has 3 nitrogen and oxygen atoms in total. The quantitative estimate of drug-likeness (QED) is 0.915. The first-order valence-electron chi connectivity index (χ1n) is 7.30. The van der Waals surface area contributed by atoms with E-state index in [1.807, 2.05) is 17.0 Å². The smallest absolute Gasteiger partial charge is 0.243 e. The number of rotatable bonds is 5. The number of hydrogen-bond donors (Lipinski definition) is 1. The van der Waals surface area contributed by atoms with Crippen LogP contribution in [0.5, 0.6) is 0 Å². The largest absolute Gasteiger partial charge is 0.331 e. The molecular weight excluding hydrogens is 300 g/mol. The Morgan fingerprint density at radius 3 is 2.05 bits per heavy atom. The lowest BCUT2D eigenvalue weighted by molar-refractivity contribution is -0.138. The van der Waals surface area contributed by atoms with Gasteiger partial charge in [-0.15, -0.1) is 22.7 Å². The zero-order valence-electron chi connectivity index (χ0n) is 12.0. The van der Waals surface area contributed by atoms with E-state index >= 15 is 0 Å². The second-order valence-corrected chi connectivity index (χ2v) is 7.75. The molecule has 2 aromatic rings. The Kier molecular flexibility index (Phi) is 4.42. The predicted molar refractivity (Wildman–Crippen MR) is 88.3 cm³/mol. The van der Waals surface area contributed by atoms with E-state index in [1.54, 1.807) is 22.7 Å². The third-order valence-electron chi connectivity index (χ3n) is 4.06. The molecule has 1 amide bonds. The molecule has 0 aliphatic heterocycles. The first-order chi connectivity index (χ1) is 10.2. The van der Waals surface area contributed by atoms with Crippen LogP contribution < -0.4 is 5.73 Å². The molecule has 112 valence electrons. The number of hydrogen-bond acceptors (Lipinski definition) is 4. The SMILES string of the molecule is NC1(C(=O)N(Cc2cccs2)Cc2cccs2)CCCC1. The highest BCUT2D eigenvalue weighted by atomic mass is 32.1. The average Bonchev–Trinajstić information content (AvgIpc) is 3.20. The van der Waals surface area contributed by atoms with Gasteiger partial charge in [-0.1, -0.05) is 25.0 Å². The van der Waals surface area contributed by atoms with Crippen molar-refractivity contribution in [3.05, 3.63) is 44.8 Å². The molecule has 0 spiro atoms. The molecule has 0 saturated heterocycles. The van der Waals surface area contributed by atoms with Crippen LogP contribution in [-0.4, -0.2) is 16.3 Å². The van der Waals surface area contributed by atoms with E-state index in [-0.39, 0.29) is 5.91 Å². The minimum Gasteiger partial charge on any atom is -0.331 e. The molecule has 0 atom stereocenters. The van der Waals surface area contributed by atoms with E-state index in [2.05, 4.69) is 22.9 Å². The van der Waals surface area contributed by atoms with Gasteiger partial charge in [-0.05, 0) is 35.7 Å². The van der Waals surface area contributed by atoms with E-state index in [4.69, 9.17) is 5.73 Å². The number of carbonyl (C=O) groups is 1. The van der Waals surface area contributed by atoms with Gasteiger partial charge in [-0.25, -0.2) is 0 Å². The fraction of sp³-hybridized carbons (Fsp3) is 0.438. The van der Waals surface area contributed by atoms with Crippen molar-refractivity contribution < 1.29 is 4.79 Å². The first kappa shape index (κ1) is 14.8. The molecule has 1 aliphatic carbocycles. The minimum absolute atomic E-state index is 0.113. The molecule has 2 N–H and O–H groups in total. The van der Waals surface area contributed by atoms with Gasteiger partial charge in [-0.3, -0.25) is 4.79 Å². The van der Waals surface area contributed by atoms with Crippen LogP contribution in [0.3, 0.4) is 0 Å². The van der Waals surface area contributed by atoms with Gasteiger partial charge < -0.3 is 10.6 Å². The summed E-state index contributed by atoms with van der Waals surface area (Å²) in [5, 5.41) is 4.10. The van der Waals surface area contributed by atoms with Crippen LogP contribution in [0.2, 0.25) is 0 Å². The lowest BCUT2D eigenvalue weighted by Crippen LogP contribution is -2.52. The van der Waals surface area contributed by atoms with E-state index in [9.17, 15) is 4.79 Å². The number of amides is 1. The summed E-state index contributed by atoms with van der Waals surface area (Å²) in [7, 11) is 0. The van der Waals surface area contributed by atoms with Crippen LogP contribution in [0.15, 0.2) is 35.0 Å².